The number of ketones is 1. The predicted molar refractivity (Wildman–Crippen MR) is 118 cm³/mol. The van der Waals surface area contributed by atoms with Crippen molar-refractivity contribution in [1.29, 1.82) is 0 Å². The zero-order valence-electron chi connectivity index (χ0n) is 19.1. The lowest BCUT2D eigenvalue weighted by molar-refractivity contribution is -0.137. The number of aromatic nitrogens is 5. The maximum atomic E-state index is 13.3. The first kappa shape index (κ1) is 21.8. The van der Waals surface area contributed by atoms with E-state index in [0.29, 0.717) is 31.6 Å². The van der Waals surface area contributed by atoms with Crippen molar-refractivity contribution in [2.75, 3.05) is 26.2 Å². The number of likely N-dealkylation sites (tertiary alicyclic amines) is 2. The number of carbonyl (C=O) groups excluding carboxylic acids is 2. The molecule has 174 valence electrons. The number of piperidine rings is 1. The average molecular weight is 452 g/mol. The van der Waals surface area contributed by atoms with Crippen molar-refractivity contribution < 1.29 is 14.7 Å². The highest BCUT2D eigenvalue weighted by atomic mass is 16.3. The molecule has 1 spiro atoms. The lowest BCUT2D eigenvalue weighted by Crippen LogP contribution is -2.45. The number of Topliss-reactive ketones (excluding diaryl/α,β-unsaturated/α-hetero) is 1. The van der Waals surface area contributed by atoms with Crippen LogP contribution in [0, 0.1) is 12.3 Å². The fraction of sp³-hybridized carbons (Fsp3) is 0.565. The molecule has 1 N–H and O–H groups in total. The molecule has 0 saturated carbocycles. The van der Waals surface area contributed by atoms with Crippen molar-refractivity contribution >= 4 is 11.7 Å². The molecule has 5 rings (SSSR count). The molecule has 2 aliphatic heterocycles. The smallest absolute Gasteiger partial charge is 0.233 e. The van der Waals surface area contributed by atoms with Gasteiger partial charge in [-0.3, -0.25) is 14.6 Å². The highest BCUT2D eigenvalue weighted by Gasteiger charge is 2.49. The molecule has 3 aliphatic rings. The van der Waals surface area contributed by atoms with E-state index in [1.165, 1.54) is 11.0 Å². The highest BCUT2D eigenvalue weighted by molar-refractivity contribution is 5.99. The molecular weight excluding hydrogens is 422 g/mol. The van der Waals surface area contributed by atoms with E-state index in [0.717, 1.165) is 54.9 Å². The highest BCUT2D eigenvalue weighted by Crippen LogP contribution is 2.44. The number of rotatable bonds is 5. The van der Waals surface area contributed by atoms with Gasteiger partial charge < -0.3 is 14.9 Å². The summed E-state index contributed by atoms with van der Waals surface area (Å²) in [6.07, 6.45) is 6.05. The first-order valence-electron chi connectivity index (χ1n) is 11.5. The number of hydrogen-bond acceptors (Lipinski definition) is 8. The standard InChI is InChI=1S/C23H29N7O3/c1-15-11-17(30-14-25-26-27-30)12-24-21(15)20(32)13-28-8-5-23(6-9-28)7-10-29(22(23)33)18-3-4-19(31)16(18)2/h11-12,14,20,32H,3-10,13H2,1-2H3. The Morgan fingerprint density at radius 3 is 2.52 bits per heavy atom. The molecular formula is C23H29N7O3. The van der Waals surface area contributed by atoms with Crippen LogP contribution in [0.25, 0.3) is 5.69 Å². The summed E-state index contributed by atoms with van der Waals surface area (Å²) in [5.41, 5.74) is 3.62. The van der Waals surface area contributed by atoms with Gasteiger partial charge in [0.15, 0.2) is 5.78 Å². The third-order valence-electron chi connectivity index (χ3n) is 7.56. The molecule has 2 aromatic rings. The molecule has 4 heterocycles. The molecule has 33 heavy (non-hydrogen) atoms. The maximum Gasteiger partial charge on any atom is 0.233 e. The minimum Gasteiger partial charge on any atom is -0.385 e. The van der Waals surface area contributed by atoms with Crippen molar-refractivity contribution in [2.24, 2.45) is 5.41 Å². The molecule has 10 nitrogen and oxygen atoms in total. The van der Waals surface area contributed by atoms with Gasteiger partial charge in [-0.15, -0.1) is 5.10 Å². The first-order valence-corrected chi connectivity index (χ1v) is 11.5. The number of hydrogen-bond donors (Lipinski definition) is 1. The summed E-state index contributed by atoms with van der Waals surface area (Å²) in [4.78, 5) is 33.8. The molecule has 10 heteroatoms. The molecule has 1 unspecified atom stereocenters. The predicted octanol–water partition coefficient (Wildman–Crippen LogP) is 1.35. The number of tetrazole rings is 1. The molecule has 2 aromatic heterocycles. The summed E-state index contributed by atoms with van der Waals surface area (Å²) in [5, 5.41) is 22.0. The summed E-state index contributed by atoms with van der Waals surface area (Å²) < 4.78 is 1.53. The average Bonchev–Trinajstić information content (AvgIpc) is 3.53. The number of carbonyl (C=O) groups is 2. The zero-order chi connectivity index (χ0) is 23.2. The minimum atomic E-state index is -0.713. The Kier molecular flexibility index (Phi) is 5.57. The van der Waals surface area contributed by atoms with E-state index in [1.807, 2.05) is 24.8 Å². The van der Waals surface area contributed by atoms with E-state index in [9.17, 15) is 14.7 Å². The molecule has 0 bridgehead atoms. The number of β-amino-alcohol motifs (C(OH)–C–C–N with tert-alkyl or cyclic N) is 1. The van der Waals surface area contributed by atoms with Crippen LogP contribution in [0.4, 0.5) is 0 Å². The molecule has 1 atom stereocenters. The van der Waals surface area contributed by atoms with Crippen LogP contribution in [0.15, 0.2) is 29.9 Å². The molecule has 0 radical (unpaired) electrons. The van der Waals surface area contributed by atoms with Gasteiger partial charge in [-0.2, -0.15) is 4.68 Å². The van der Waals surface area contributed by atoms with Crippen LogP contribution in [0.1, 0.15) is 56.4 Å². The summed E-state index contributed by atoms with van der Waals surface area (Å²) in [7, 11) is 0. The summed E-state index contributed by atoms with van der Waals surface area (Å²) in [6, 6.07) is 1.91. The van der Waals surface area contributed by atoms with Gasteiger partial charge in [-0.1, -0.05) is 0 Å². The molecule has 0 aromatic carbocycles. The second-order valence-electron chi connectivity index (χ2n) is 9.45. The van der Waals surface area contributed by atoms with E-state index in [-0.39, 0.29) is 17.1 Å². The van der Waals surface area contributed by atoms with Gasteiger partial charge in [0.2, 0.25) is 5.91 Å². The number of aliphatic hydroxyl groups excluding tert-OH is 1. The van der Waals surface area contributed by atoms with E-state index >= 15 is 0 Å². The van der Waals surface area contributed by atoms with Crippen molar-refractivity contribution in [3.05, 3.63) is 41.1 Å². The summed E-state index contributed by atoms with van der Waals surface area (Å²) in [6.45, 7) is 6.47. The number of aliphatic hydroxyl groups is 1. The number of nitrogens with zero attached hydrogens (tertiary/aromatic N) is 7. The quantitative estimate of drug-likeness (QED) is 0.724. The topological polar surface area (TPSA) is 117 Å². The summed E-state index contributed by atoms with van der Waals surface area (Å²) in [5.74, 6) is 0.347. The van der Waals surface area contributed by atoms with Crippen molar-refractivity contribution in [2.45, 2.75) is 52.1 Å². The second-order valence-corrected chi connectivity index (χ2v) is 9.45. The Bertz CT molecular complexity index is 1100. The lowest BCUT2D eigenvalue weighted by Gasteiger charge is -2.38. The van der Waals surface area contributed by atoms with Crippen LogP contribution < -0.4 is 0 Å². The molecule has 1 aliphatic carbocycles. The van der Waals surface area contributed by atoms with Crippen LogP contribution in [0.5, 0.6) is 0 Å². The minimum absolute atomic E-state index is 0.164. The Balaban J connectivity index is 1.21. The second kappa shape index (κ2) is 8.42. The number of pyridine rings is 1. The van der Waals surface area contributed by atoms with Gasteiger partial charge in [-0.25, -0.2) is 0 Å². The van der Waals surface area contributed by atoms with E-state index in [2.05, 4.69) is 25.4 Å². The van der Waals surface area contributed by atoms with Crippen molar-refractivity contribution in [3.63, 3.8) is 0 Å². The van der Waals surface area contributed by atoms with Gasteiger partial charge in [-0.05, 0) is 74.7 Å². The molecule has 2 fully saturated rings. The van der Waals surface area contributed by atoms with Gasteiger partial charge in [0, 0.05) is 30.8 Å². The van der Waals surface area contributed by atoms with Crippen molar-refractivity contribution in [3.8, 4) is 5.69 Å². The van der Waals surface area contributed by atoms with Gasteiger partial charge in [0.25, 0.3) is 0 Å². The third kappa shape index (κ3) is 3.87. The Hall–Kier alpha value is -2.98. The SMILES string of the molecule is CC1=C(N2CCC3(CCN(CC(O)c4ncc(-n5cnnn5)cc4C)CC3)C2=O)CCC1=O. The Morgan fingerprint density at radius 2 is 1.88 bits per heavy atom. The Labute approximate surface area is 192 Å². The van der Waals surface area contributed by atoms with Crippen LogP contribution in [0.2, 0.25) is 0 Å². The normalized spacial score (nSPS) is 22.1. The van der Waals surface area contributed by atoms with Crippen LogP contribution >= 0.6 is 0 Å². The largest absolute Gasteiger partial charge is 0.385 e. The van der Waals surface area contributed by atoms with Crippen LogP contribution in [-0.4, -0.2) is 78.0 Å². The Morgan fingerprint density at radius 1 is 1.12 bits per heavy atom. The molecule has 2 saturated heterocycles. The van der Waals surface area contributed by atoms with Crippen LogP contribution in [0.3, 0.4) is 0 Å². The van der Waals surface area contributed by atoms with Gasteiger partial charge >= 0.3 is 0 Å². The molecule has 1 amide bonds. The lowest BCUT2D eigenvalue weighted by atomic mass is 9.77. The maximum absolute atomic E-state index is 13.3. The fourth-order valence-electron chi connectivity index (χ4n) is 5.47. The number of aryl methyl sites for hydroxylation is 1. The zero-order valence-corrected chi connectivity index (χ0v) is 19.1. The van der Waals surface area contributed by atoms with E-state index in [1.54, 1.807) is 6.20 Å². The number of allylic oxidation sites excluding steroid dienone is 2. The third-order valence-corrected chi connectivity index (χ3v) is 7.56. The number of amides is 1. The first-order chi connectivity index (χ1) is 15.9. The van der Waals surface area contributed by atoms with E-state index < -0.39 is 6.10 Å². The van der Waals surface area contributed by atoms with Crippen LogP contribution in [-0.2, 0) is 9.59 Å². The van der Waals surface area contributed by atoms with Gasteiger partial charge in [0.1, 0.15) is 12.4 Å². The van der Waals surface area contributed by atoms with Crippen molar-refractivity contribution in [1.82, 2.24) is 35.0 Å². The van der Waals surface area contributed by atoms with E-state index in [4.69, 9.17) is 0 Å². The monoisotopic (exact) mass is 451 g/mol. The fourth-order valence-corrected chi connectivity index (χ4v) is 5.47. The van der Waals surface area contributed by atoms with Gasteiger partial charge in [0.05, 0.1) is 23.0 Å². The summed E-state index contributed by atoms with van der Waals surface area (Å²) >= 11 is 0.